The molecule has 0 atom stereocenters. The average Bonchev–Trinajstić information content (AvgIpc) is 3.38. The molecule has 0 amide bonds. The number of benzene rings is 6. The van der Waals surface area contributed by atoms with Gasteiger partial charge >= 0.3 is 0 Å². The van der Waals surface area contributed by atoms with Crippen molar-refractivity contribution >= 4 is 11.4 Å². The Morgan fingerprint density at radius 3 is 1.21 bits per heavy atom. The van der Waals surface area contributed by atoms with Gasteiger partial charge in [0.25, 0.3) is 0 Å². The molecule has 1 aliphatic carbocycles. The van der Waals surface area contributed by atoms with Gasteiger partial charge in [-0.1, -0.05) is 125 Å². The van der Waals surface area contributed by atoms with Crippen LogP contribution in [0.2, 0.25) is 0 Å². The van der Waals surface area contributed by atoms with Gasteiger partial charge in [0.2, 0.25) is 0 Å². The Bertz CT molecular complexity index is 1910. The standard InChI is InChI=1S/C43H40N2O2/c1-27(2)33-13-9-17-39(41(33)44)46-31-23-19-29(20-24-31)43(37-15-7-5-11-35(37)36-12-6-8-16-38(36)43)30-21-25-32(26-22-30)47-40-18-10-14-34(28(3)4)42(40)45/h5-28H,44-45H2,1-4H3. The summed E-state index contributed by atoms with van der Waals surface area (Å²) in [7, 11) is 0. The third-order valence-electron chi connectivity index (χ3n) is 9.43. The molecule has 0 aromatic heterocycles. The van der Waals surface area contributed by atoms with Gasteiger partial charge in [-0.3, -0.25) is 0 Å². The van der Waals surface area contributed by atoms with Crippen molar-refractivity contribution in [1.29, 1.82) is 0 Å². The van der Waals surface area contributed by atoms with E-state index in [0.717, 1.165) is 33.8 Å². The molecule has 4 N–H and O–H groups in total. The van der Waals surface area contributed by atoms with Crippen molar-refractivity contribution in [3.63, 3.8) is 0 Å². The minimum absolute atomic E-state index is 0.308. The van der Waals surface area contributed by atoms with Crippen molar-refractivity contribution < 1.29 is 9.47 Å². The van der Waals surface area contributed by atoms with E-state index in [0.29, 0.717) is 34.7 Å². The highest BCUT2D eigenvalue weighted by Gasteiger charge is 2.45. The molecule has 0 saturated heterocycles. The largest absolute Gasteiger partial charge is 0.455 e. The van der Waals surface area contributed by atoms with E-state index in [-0.39, 0.29) is 0 Å². The highest BCUT2D eigenvalue weighted by molar-refractivity contribution is 5.86. The predicted molar refractivity (Wildman–Crippen MR) is 194 cm³/mol. The summed E-state index contributed by atoms with van der Waals surface area (Å²) in [5.74, 6) is 3.43. The second-order valence-corrected chi connectivity index (χ2v) is 12.9. The van der Waals surface area contributed by atoms with E-state index in [1.54, 1.807) is 0 Å². The zero-order chi connectivity index (χ0) is 32.7. The van der Waals surface area contributed by atoms with Crippen molar-refractivity contribution in [2.75, 3.05) is 11.5 Å². The van der Waals surface area contributed by atoms with Crippen molar-refractivity contribution in [1.82, 2.24) is 0 Å². The van der Waals surface area contributed by atoms with Crippen molar-refractivity contribution in [3.8, 4) is 34.1 Å². The lowest BCUT2D eigenvalue weighted by atomic mass is 9.68. The number of hydrogen-bond acceptors (Lipinski definition) is 4. The zero-order valence-electron chi connectivity index (χ0n) is 27.3. The lowest BCUT2D eigenvalue weighted by Crippen LogP contribution is -2.28. The number of nitrogen functional groups attached to an aromatic ring is 2. The molecular formula is C43H40N2O2. The van der Waals surface area contributed by atoms with Crippen LogP contribution in [0.3, 0.4) is 0 Å². The van der Waals surface area contributed by atoms with E-state index < -0.39 is 5.41 Å². The van der Waals surface area contributed by atoms with Crippen LogP contribution in [-0.2, 0) is 5.41 Å². The zero-order valence-corrected chi connectivity index (χ0v) is 27.3. The molecular weight excluding hydrogens is 576 g/mol. The van der Waals surface area contributed by atoms with Gasteiger partial charge in [-0.15, -0.1) is 0 Å². The third kappa shape index (κ3) is 5.11. The molecule has 0 radical (unpaired) electrons. The smallest absolute Gasteiger partial charge is 0.150 e. The molecule has 47 heavy (non-hydrogen) atoms. The fourth-order valence-electron chi connectivity index (χ4n) is 7.13. The number of para-hydroxylation sites is 2. The minimum atomic E-state index is -0.544. The lowest BCUT2D eigenvalue weighted by molar-refractivity contribution is 0.483. The molecule has 7 rings (SSSR count). The Hall–Kier alpha value is -5.48. The quantitative estimate of drug-likeness (QED) is 0.167. The Balaban J connectivity index is 1.32. The number of rotatable bonds is 8. The van der Waals surface area contributed by atoms with Crippen molar-refractivity contribution in [2.24, 2.45) is 0 Å². The molecule has 0 bridgehead atoms. The first-order valence-corrected chi connectivity index (χ1v) is 16.3. The summed E-state index contributed by atoms with van der Waals surface area (Å²) in [6, 6.07) is 46.3. The van der Waals surface area contributed by atoms with E-state index in [1.165, 1.54) is 22.3 Å². The van der Waals surface area contributed by atoms with Crippen molar-refractivity contribution in [2.45, 2.75) is 44.9 Å². The van der Waals surface area contributed by atoms with E-state index in [9.17, 15) is 0 Å². The molecule has 0 fully saturated rings. The first-order valence-electron chi connectivity index (χ1n) is 16.3. The van der Waals surface area contributed by atoms with Crippen molar-refractivity contribution in [3.05, 3.63) is 167 Å². The molecule has 1 aliphatic rings. The molecule has 0 aliphatic heterocycles. The van der Waals surface area contributed by atoms with Crippen LogP contribution >= 0.6 is 0 Å². The van der Waals surface area contributed by atoms with Gasteiger partial charge in [-0.2, -0.15) is 0 Å². The van der Waals surface area contributed by atoms with Gasteiger partial charge in [0.1, 0.15) is 11.5 Å². The lowest BCUT2D eigenvalue weighted by Gasteiger charge is -2.34. The fourth-order valence-corrected chi connectivity index (χ4v) is 7.13. The molecule has 0 unspecified atom stereocenters. The summed E-state index contributed by atoms with van der Waals surface area (Å²) in [5, 5.41) is 0. The summed E-state index contributed by atoms with van der Waals surface area (Å²) in [4.78, 5) is 0. The number of nitrogens with two attached hydrogens (primary N) is 2. The normalized spacial score (nSPS) is 13.0. The van der Waals surface area contributed by atoms with Crippen LogP contribution in [0, 0.1) is 0 Å². The number of fused-ring (bicyclic) bond motifs is 3. The van der Waals surface area contributed by atoms with Crippen LogP contribution in [0.25, 0.3) is 11.1 Å². The summed E-state index contributed by atoms with van der Waals surface area (Å²) < 4.78 is 12.7. The van der Waals surface area contributed by atoms with Gasteiger partial charge in [0.05, 0.1) is 16.8 Å². The highest BCUT2D eigenvalue weighted by atomic mass is 16.5. The van der Waals surface area contributed by atoms with Crippen LogP contribution < -0.4 is 20.9 Å². The summed E-state index contributed by atoms with van der Waals surface area (Å²) in [5.41, 5.74) is 23.3. The maximum Gasteiger partial charge on any atom is 0.150 e. The topological polar surface area (TPSA) is 70.5 Å². The summed E-state index contributed by atoms with van der Waals surface area (Å²) in [6.45, 7) is 8.55. The van der Waals surface area contributed by atoms with Crippen LogP contribution in [0.15, 0.2) is 133 Å². The van der Waals surface area contributed by atoms with Crippen LogP contribution in [0.1, 0.15) is 72.9 Å². The monoisotopic (exact) mass is 616 g/mol. The molecule has 6 aromatic rings. The van der Waals surface area contributed by atoms with E-state index in [1.807, 2.05) is 48.5 Å². The molecule has 6 aromatic carbocycles. The highest BCUT2D eigenvalue weighted by Crippen LogP contribution is 2.56. The number of hydrogen-bond donors (Lipinski definition) is 2. The molecule has 234 valence electrons. The molecule has 0 spiro atoms. The van der Waals surface area contributed by atoms with Gasteiger partial charge in [0.15, 0.2) is 11.5 Å². The summed E-state index contributed by atoms with van der Waals surface area (Å²) in [6.07, 6.45) is 0. The van der Waals surface area contributed by atoms with E-state index in [2.05, 4.69) is 113 Å². The molecule has 0 heterocycles. The van der Waals surface area contributed by atoms with Crippen LogP contribution in [-0.4, -0.2) is 0 Å². The Labute approximate surface area is 277 Å². The average molecular weight is 617 g/mol. The number of anilines is 2. The second kappa shape index (κ2) is 12.0. The maximum atomic E-state index is 6.51. The van der Waals surface area contributed by atoms with Gasteiger partial charge < -0.3 is 20.9 Å². The second-order valence-electron chi connectivity index (χ2n) is 12.9. The molecule has 4 heteroatoms. The van der Waals surface area contributed by atoms with E-state index in [4.69, 9.17) is 20.9 Å². The first-order chi connectivity index (χ1) is 22.8. The molecule has 0 saturated carbocycles. The Morgan fingerprint density at radius 1 is 0.447 bits per heavy atom. The minimum Gasteiger partial charge on any atom is -0.455 e. The molecule has 4 nitrogen and oxygen atoms in total. The first kappa shape index (κ1) is 30.2. The van der Waals surface area contributed by atoms with Gasteiger partial charge in [-0.05, 0) is 92.7 Å². The number of ether oxygens (including phenoxy) is 2. The van der Waals surface area contributed by atoms with Crippen LogP contribution in [0.4, 0.5) is 11.4 Å². The third-order valence-corrected chi connectivity index (χ3v) is 9.43. The fraction of sp³-hybridized carbons (Fsp3) is 0.163. The van der Waals surface area contributed by atoms with Gasteiger partial charge in [0, 0.05) is 0 Å². The predicted octanol–water partition coefficient (Wildman–Crippen LogP) is 11.0. The van der Waals surface area contributed by atoms with Crippen LogP contribution in [0.5, 0.6) is 23.0 Å². The summed E-state index contributed by atoms with van der Waals surface area (Å²) >= 11 is 0. The Kier molecular flexibility index (Phi) is 7.73. The van der Waals surface area contributed by atoms with Gasteiger partial charge in [-0.25, -0.2) is 0 Å². The Morgan fingerprint density at radius 2 is 0.830 bits per heavy atom. The maximum absolute atomic E-state index is 6.51. The van der Waals surface area contributed by atoms with E-state index >= 15 is 0 Å². The SMILES string of the molecule is CC(C)c1cccc(Oc2ccc(C3(c4ccc(Oc5cccc(C(C)C)c5N)cc4)c4ccccc4-c4ccccc43)cc2)c1N.